The molecule has 4 saturated carbocycles. The second kappa shape index (κ2) is 12.4. The van der Waals surface area contributed by atoms with Crippen LogP contribution in [0.25, 0.3) is 0 Å². The number of anilines is 1. The highest BCUT2D eigenvalue weighted by atomic mass is 35.5. The first kappa shape index (κ1) is 34.1. The van der Waals surface area contributed by atoms with Gasteiger partial charge in [-0.3, -0.25) is 28.8 Å². The normalized spacial score (nSPS) is 28.3. The Hall–Kier alpha value is -3.22. The van der Waals surface area contributed by atoms with Crippen LogP contribution in [-0.2, 0) is 25.7 Å². The highest BCUT2D eigenvalue weighted by Gasteiger charge is 2.64. The van der Waals surface area contributed by atoms with Crippen LogP contribution >= 0.6 is 34.5 Å². The summed E-state index contributed by atoms with van der Waals surface area (Å²) in [5.74, 6) is -3.40. The van der Waals surface area contributed by atoms with Gasteiger partial charge in [0.05, 0.1) is 9.90 Å². The minimum atomic E-state index is -1.31. The van der Waals surface area contributed by atoms with E-state index in [1.807, 2.05) is 0 Å². The molecule has 1 atom stereocenters. The number of carbonyl (C=O) groups is 5. The molecule has 2 aromatic heterocycles. The molecule has 11 nitrogen and oxygen atoms in total. The summed E-state index contributed by atoms with van der Waals surface area (Å²) in [5.41, 5.74) is -0.486. The number of pyridine rings is 1. The highest BCUT2D eigenvalue weighted by Crippen LogP contribution is 2.70. The van der Waals surface area contributed by atoms with Gasteiger partial charge in [0.25, 0.3) is 17.4 Å². The van der Waals surface area contributed by atoms with Crippen LogP contribution in [0.1, 0.15) is 82.5 Å². The van der Waals surface area contributed by atoms with Gasteiger partial charge in [-0.25, -0.2) is 0 Å². The quantitative estimate of drug-likeness (QED) is 0.258. The standard InChI is InChI=1S/C32H39Cl2N5O6S/c1-29-12-30(2)14-31(3,13-29)17-32(15-29,16-30)38-23(41)11-39-9-5-6-20(28(39)45)37-26(43)19(7-8-21(40)27(44)35-4)36-25(42)18-10-22(33)46-24(18)34/h5-6,9-10,19H,7-8,11-17H2,1-4H3,(H,35,44)(H,36,42)(H,37,43)(H,38,41)/t19-,29?,30?,31?,32?/m0/s1. The molecular weight excluding hydrogens is 653 g/mol. The number of thiophene rings is 1. The maximum atomic E-state index is 13.4. The van der Waals surface area contributed by atoms with Crippen LogP contribution in [0.3, 0.4) is 0 Å². The smallest absolute Gasteiger partial charge is 0.287 e. The van der Waals surface area contributed by atoms with E-state index in [9.17, 15) is 28.8 Å². The van der Waals surface area contributed by atoms with Gasteiger partial charge in [-0.15, -0.1) is 11.3 Å². The van der Waals surface area contributed by atoms with Crippen molar-refractivity contribution in [2.24, 2.45) is 16.2 Å². The van der Waals surface area contributed by atoms with Crippen molar-refractivity contribution in [2.45, 2.75) is 90.3 Å². The van der Waals surface area contributed by atoms with Gasteiger partial charge in [0.15, 0.2) is 0 Å². The molecule has 0 unspecified atom stereocenters. The lowest BCUT2D eigenvalue weighted by molar-refractivity contribution is -0.164. The Kier molecular flexibility index (Phi) is 9.22. The Labute approximate surface area is 281 Å². The Morgan fingerprint density at radius 1 is 0.978 bits per heavy atom. The highest BCUT2D eigenvalue weighted by molar-refractivity contribution is 7.20. The predicted molar refractivity (Wildman–Crippen MR) is 176 cm³/mol. The fourth-order valence-corrected chi connectivity index (χ4v) is 10.9. The summed E-state index contributed by atoms with van der Waals surface area (Å²) in [6.07, 6.45) is 7.11. The molecule has 0 spiro atoms. The molecule has 0 aliphatic heterocycles. The van der Waals surface area contributed by atoms with Crippen molar-refractivity contribution in [1.82, 2.24) is 20.5 Å². The van der Waals surface area contributed by atoms with E-state index in [-0.39, 0.29) is 67.0 Å². The molecule has 4 bridgehead atoms. The summed E-state index contributed by atoms with van der Waals surface area (Å²) in [6, 6.07) is 2.96. The number of halogens is 2. The maximum absolute atomic E-state index is 13.4. The van der Waals surface area contributed by atoms with E-state index < -0.39 is 35.1 Å². The van der Waals surface area contributed by atoms with E-state index in [1.54, 1.807) is 0 Å². The lowest BCUT2D eigenvalue weighted by Crippen LogP contribution is -2.68. The van der Waals surface area contributed by atoms with Crippen molar-refractivity contribution in [3.63, 3.8) is 0 Å². The number of Topliss-reactive ketones (excluding diaryl/α,β-unsaturated/α-hetero) is 1. The lowest BCUT2D eigenvalue weighted by Gasteiger charge is -2.69. The fourth-order valence-electron chi connectivity index (χ4n) is 9.42. The monoisotopic (exact) mass is 691 g/mol. The zero-order valence-corrected chi connectivity index (χ0v) is 28.6. The van der Waals surface area contributed by atoms with Crippen molar-refractivity contribution in [2.75, 3.05) is 12.4 Å². The molecule has 6 rings (SSSR count). The molecule has 4 amide bonds. The third-order valence-electron chi connectivity index (χ3n) is 9.52. The van der Waals surface area contributed by atoms with Crippen molar-refractivity contribution in [1.29, 1.82) is 0 Å². The Bertz CT molecular complexity index is 1620. The van der Waals surface area contributed by atoms with Crippen LogP contribution in [0.5, 0.6) is 0 Å². The molecule has 4 fully saturated rings. The van der Waals surface area contributed by atoms with E-state index in [4.69, 9.17) is 23.2 Å². The molecule has 2 heterocycles. The van der Waals surface area contributed by atoms with Gasteiger partial charge < -0.3 is 25.8 Å². The van der Waals surface area contributed by atoms with E-state index in [0.717, 1.165) is 49.9 Å². The fraction of sp³-hybridized carbons (Fsp3) is 0.562. The summed E-state index contributed by atoms with van der Waals surface area (Å²) in [6.45, 7) is 6.75. The van der Waals surface area contributed by atoms with Crippen molar-refractivity contribution in [3.8, 4) is 0 Å². The summed E-state index contributed by atoms with van der Waals surface area (Å²) in [5, 5.41) is 10.6. The maximum Gasteiger partial charge on any atom is 0.287 e. The van der Waals surface area contributed by atoms with E-state index >= 15 is 0 Å². The van der Waals surface area contributed by atoms with Crippen LogP contribution in [0.4, 0.5) is 5.69 Å². The van der Waals surface area contributed by atoms with E-state index in [1.165, 1.54) is 36.0 Å². The minimum Gasteiger partial charge on any atom is -0.353 e. The Balaban J connectivity index is 1.29. The number of ketones is 1. The largest absolute Gasteiger partial charge is 0.353 e. The molecule has 46 heavy (non-hydrogen) atoms. The predicted octanol–water partition coefficient (Wildman–Crippen LogP) is 4.30. The van der Waals surface area contributed by atoms with Crippen molar-refractivity contribution >= 4 is 69.6 Å². The van der Waals surface area contributed by atoms with Gasteiger partial charge >= 0.3 is 0 Å². The van der Waals surface area contributed by atoms with Crippen LogP contribution < -0.4 is 26.8 Å². The number of rotatable bonds is 11. The van der Waals surface area contributed by atoms with Gasteiger partial charge in [-0.1, -0.05) is 44.0 Å². The second-order valence-electron chi connectivity index (χ2n) is 14.5. The van der Waals surface area contributed by atoms with Gasteiger partial charge in [0.2, 0.25) is 17.6 Å². The SMILES string of the molecule is CNC(=O)C(=O)CC[C@H](NC(=O)c1cc(Cl)sc1Cl)C(=O)Nc1cccn(CC(=O)NC23CC4(C)CC(C)(CC(C)(C4)C2)C3)c1=O. The zero-order valence-electron chi connectivity index (χ0n) is 26.3. The molecule has 4 aliphatic carbocycles. The first-order valence-corrected chi connectivity index (χ1v) is 16.8. The summed E-state index contributed by atoms with van der Waals surface area (Å²) >= 11 is 13.0. The summed E-state index contributed by atoms with van der Waals surface area (Å²) < 4.78 is 1.60. The minimum absolute atomic E-state index is 0.0381. The zero-order chi connectivity index (χ0) is 33.7. The van der Waals surface area contributed by atoms with Gasteiger partial charge in [0, 0.05) is 25.2 Å². The average molecular weight is 693 g/mol. The molecule has 0 aromatic carbocycles. The van der Waals surface area contributed by atoms with Gasteiger partial charge in [-0.05, 0) is 79.4 Å². The first-order valence-electron chi connectivity index (χ1n) is 15.3. The molecule has 4 N–H and O–H groups in total. The third kappa shape index (κ3) is 7.18. The third-order valence-corrected chi connectivity index (χ3v) is 11.0. The van der Waals surface area contributed by atoms with Crippen molar-refractivity contribution in [3.05, 3.63) is 49.0 Å². The Morgan fingerprint density at radius 2 is 1.59 bits per heavy atom. The molecule has 14 heteroatoms. The summed E-state index contributed by atoms with van der Waals surface area (Å²) in [7, 11) is 1.30. The number of aromatic nitrogens is 1. The van der Waals surface area contributed by atoms with Crippen molar-refractivity contribution < 1.29 is 24.0 Å². The molecule has 0 saturated heterocycles. The van der Waals surface area contributed by atoms with Crippen LogP contribution in [0.15, 0.2) is 29.2 Å². The molecule has 248 valence electrons. The summed E-state index contributed by atoms with van der Waals surface area (Å²) in [4.78, 5) is 77.1. The number of nitrogens with one attached hydrogen (secondary N) is 4. The lowest BCUT2D eigenvalue weighted by atomic mass is 9.38. The van der Waals surface area contributed by atoms with Crippen LogP contribution in [0.2, 0.25) is 8.67 Å². The molecular formula is C32H39Cl2N5O6S. The van der Waals surface area contributed by atoms with Crippen LogP contribution in [-0.4, -0.2) is 52.6 Å². The van der Waals surface area contributed by atoms with Gasteiger partial charge in [0.1, 0.15) is 22.6 Å². The number of amides is 4. The molecule has 4 aliphatic rings. The first-order chi connectivity index (χ1) is 21.5. The van der Waals surface area contributed by atoms with Gasteiger partial charge in [-0.2, -0.15) is 0 Å². The van der Waals surface area contributed by atoms with Crippen LogP contribution in [0, 0.1) is 16.2 Å². The Morgan fingerprint density at radius 3 is 2.13 bits per heavy atom. The van der Waals surface area contributed by atoms with E-state index in [0.29, 0.717) is 0 Å². The number of carbonyl (C=O) groups excluding carboxylic acids is 5. The second-order valence-corrected chi connectivity index (χ2v) is 16.8. The topological polar surface area (TPSA) is 155 Å². The molecule has 0 radical (unpaired) electrons. The number of likely N-dealkylation sites (N-methyl/N-ethyl adjacent to an activating group) is 1. The number of nitrogens with zero attached hydrogens (tertiary/aromatic N) is 1. The van der Waals surface area contributed by atoms with E-state index in [2.05, 4.69) is 42.0 Å². The average Bonchev–Trinajstić information content (AvgIpc) is 3.26. The number of hydrogen-bond acceptors (Lipinski definition) is 7. The molecule has 2 aromatic rings. The number of hydrogen-bond donors (Lipinski definition) is 4.